The molecular weight excluding hydrogens is 304 g/mol. The summed E-state index contributed by atoms with van der Waals surface area (Å²) >= 11 is 0. The van der Waals surface area contributed by atoms with Crippen LogP contribution in [0.2, 0.25) is 0 Å². The number of aromatic nitrogens is 2. The van der Waals surface area contributed by atoms with Crippen LogP contribution in [0.5, 0.6) is 0 Å². The SMILES string of the molecule is CC(C)c1cc(C(=O)N2CCN(CCc3ccccn3)CC2)no1. The fourth-order valence-corrected chi connectivity index (χ4v) is 2.82. The van der Waals surface area contributed by atoms with E-state index in [0.29, 0.717) is 5.69 Å². The van der Waals surface area contributed by atoms with Gasteiger partial charge in [0.05, 0.1) is 0 Å². The van der Waals surface area contributed by atoms with E-state index in [1.165, 1.54) is 0 Å². The zero-order chi connectivity index (χ0) is 16.9. The molecule has 0 bridgehead atoms. The molecule has 128 valence electrons. The Morgan fingerprint density at radius 2 is 2.04 bits per heavy atom. The minimum atomic E-state index is -0.0324. The Morgan fingerprint density at radius 1 is 1.25 bits per heavy atom. The molecule has 0 saturated carbocycles. The van der Waals surface area contributed by atoms with Crippen LogP contribution in [-0.2, 0) is 6.42 Å². The monoisotopic (exact) mass is 328 g/mol. The summed E-state index contributed by atoms with van der Waals surface area (Å²) in [6, 6.07) is 7.77. The van der Waals surface area contributed by atoms with E-state index in [2.05, 4.69) is 21.1 Å². The van der Waals surface area contributed by atoms with Gasteiger partial charge >= 0.3 is 0 Å². The summed E-state index contributed by atoms with van der Waals surface area (Å²) < 4.78 is 5.23. The largest absolute Gasteiger partial charge is 0.360 e. The Balaban J connectivity index is 1.48. The molecule has 0 atom stereocenters. The van der Waals surface area contributed by atoms with Gasteiger partial charge in [0.25, 0.3) is 5.91 Å². The molecule has 0 N–H and O–H groups in total. The number of piperazine rings is 1. The predicted molar refractivity (Wildman–Crippen MR) is 90.9 cm³/mol. The number of amides is 1. The van der Waals surface area contributed by atoms with Crippen LogP contribution < -0.4 is 0 Å². The maximum Gasteiger partial charge on any atom is 0.276 e. The van der Waals surface area contributed by atoms with E-state index in [1.54, 1.807) is 6.07 Å². The molecule has 1 aliphatic heterocycles. The van der Waals surface area contributed by atoms with Crippen LogP contribution in [0.15, 0.2) is 35.0 Å². The standard InChI is InChI=1S/C18H24N4O2/c1-14(2)17-13-16(20-24-17)18(23)22-11-9-21(10-12-22)8-6-15-5-3-4-7-19-15/h3-5,7,13-14H,6,8-12H2,1-2H3. The molecular formula is C18H24N4O2. The van der Waals surface area contributed by atoms with Crippen LogP contribution in [0.25, 0.3) is 0 Å². The van der Waals surface area contributed by atoms with Gasteiger partial charge in [-0.2, -0.15) is 0 Å². The molecule has 6 nitrogen and oxygen atoms in total. The summed E-state index contributed by atoms with van der Waals surface area (Å²) in [5.41, 5.74) is 1.53. The molecule has 2 aromatic heterocycles. The van der Waals surface area contributed by atoms with Gasteiger partial charge in [-0.1, -0.05) is 25.1 Å². The van der Waals surface area contributed by atoms with Crippen LogP contribution in [0.4, 0.5) is 0 Å². The first kappa shape index (κ1) is 16.6. The quantitative estimate of drug-likeness (QED) is 0.842. The Kier molecular flexibility index (Phi) is 5.25. The molecule has 2 aromatic rings. The average Bonchev–Trinajstić information content (AvgIpc) is 3.11. The molecule has 3 heterocycles. The van der Waals surface area contributed by atoms with Crippen molar-refractivity contribution in [2.75, 3.05) is 32.7 Å². The van der Waals surface area contributed by atoms with Crippen molar-refractivity contribution in [1.82, 2.24) is 19.9 Å². The predicted octanol–water partition coefficient (Wildman–Crippen LogP) is 2.19. The van der Waals surface area contributed by atoms with Crippen molar-refractivity contribution in [3.63, 3.8) is 0 Å². The van der Waals surface area contributed by atoms with Crippen LogP contribution in [0.3, 0.4) is 0 Å². The lowest BCUT2D eigenvalue weighted by atomic mass is 10.1. The number of hydrogen-bond donors (Lipinski definition) is 0. The number of pyridine rings is 1. The van der Waals surface area contributed by atoms with Crippen molar-refractivity contribution >= 4 is 5.91 Å². The second kappa shape index (κ2) is 7.57. The van der Waals surface area contributed by atoms with Crippen molar-refractivity contribution in [3.05, 3.63) is 47.6 Å². The highest BCUT2D eigenvalue weighted by Gasteiger charge is 2.24. The van der Waals surface area contributed by atoms with Gasteiger partial charge < -0.3 is 9.42 Å². The van der Waals surface area contributed by atoms with Gasteiger partial charge in [-0.15, -0.1) is 0 Å². The van der Waals surface area contributed by atoms with E-state index >= 15 is 0 Å². The second-order valence-electron chi connectivity index (χ2n) is 6.47. The normalized spacial score (nSPS) is 15.9. The third-order valence-electron chi connectivity index (χ3n) is 4.39. The lowest BCUT2D eigenvalue weighted by Gasteiger charge is -2.34. The molecule has 1 aliphatic rings. The van der Waals surface area contributed by atoms with Crippen LogP contribution in [0.1, 0.15) is 41.7 Å². The molecule has 1 saturated heterocycles. The number of carbonyl (C=O) groups is 1. The Bertz CT molecular complexity index is 661. The second-order valence-corrected chi connectivity index (χ2v) is 6.47. The van der Waals surface area contributed by atoms with E-state index in [-0.39, 0.29) is 11.8 Å². The first-order chi connectivity index (χ1) is 11.6. The zero-order valence-electron chi connectivity index (χ0n) is 14.3. The van der Waals surface area contributed by atoms with Crippen molar-refractivity contribution in [3.8, 4) is 0 Å². The Morgan fingerprint density at radius 3 is 2.67 bits per heavy atom. The fraction of sp³-hybridized carbons (Fsp3) is 0.500. The highest BCUT2D eigenvalue weighted by Crippen LogP contribution is 2.16. The van der Waals surface area contributed by atoms with Gasteiger partial charge in [-0.05, 0) is 12.1 Å². The highest BCUT2D eigenvalue weighted by molar-refractivity contribution is 5.92. The van der Waals surface area contributed by atoms with Gasteiger partial charge in [0.2, 0.25) is 0 Å². The van der Waals surface area contributed by atoms with E-state index in [4.69, 9.17) is 4.52 Å². The molecule has 1 amide bonds. The van der Waals surface area contributed by atoms with Gasteiger partial charge in [-0.25, -0.2) is 0 Å². The number of rotatable bonds is 5. The maximum atomic E-state index is 12.5. The molecule has 0 radical (unpaired) electrons. The molecule has 0 unspecified atom stereocenters. The van der Waals surface area contributed by atoms with Crippen molar-refractivity contribution in [2.45, 2.75) is 26.2 Å². The molecule has 0 spiro atoms. The average molecular weight is 328 g/mol. The summed E-state index contributed by atoms with van der Waals surface area (Å²) in [5.74, 6) is 0.963. The lowest BCUT2D eigenvalue weighted by molar-refractivity contribution is 0.0628. The smallest absolute Gasteiger partial charge is 0.276 e. The summed E-state index contributed by atoms with van der Waals surface area (Å²) in [6.45, 7) is 8.24. The maximum absolute atomic E-state index is 12.5. The van der Waals surface area contributed by atoms with E-state index in [0.717, 1.165) is 50.6 Å². The summed E-state index contributed by atoms with van der Waals surface area (Å²) in [6.07, 6.45) is 2.77. The van der Waals surface area contributed by atoms with Crippen LogP contribution >= 0.6 is 0 Å². The first-order valence-electron chi connectivity index (χ1n) is 8.51. The van der Waals surface area contributed by atoms with Crippen molar-refractivity contribution in [2.24, 2.45) is 0 Å². The number of hydrogen-bond acceptors (Lipinski definition) is 5. The third kappa shape index (κ3) is 4.00. The summed E-state index contributed by atoms with van der Waals surface area (Å²) in [5, 5.41) is 3.92. The molecule has 3 rings (SSSR count). The van der Waals surface area contributed by atoms with Gasteiger partial charge in [0, 0.05) is 63.0 Å². The van der Waals surface area contributed by atoms with E-state index < -0.39 is 0 Å². The van der Waals surface area contributed by atoms with Gasteiger partial charge in [0.1, 0.15) is 5.76 Å². The number of carbonyl (C=O) groups excluding carboxylic acids is 1. The van der Waals surface area contributed by atoms with Gasteiger partial charge in [0.15, 0.2) is 5.69 Å². The lowest BCUT2D eigenvalue weighted by Crippen LogP contribution is -2.49. The molecule has 1 fully saturated rings. The van der Waals surface area contributed by atoms with Crippen molar-refractivity contribution in [1.29, 1.82) is 0 Å². The molecule has 24 heavy (non-hydrogen) atoms. The molecule has 6 heteroatoms. The topological polar surface area (TPSA) is 62.5 Å². The minimum Gasteiger partial charge on any atom is -0.360 e. The zero-order valence-corrected chi connectivity index (χ0v) is 14.3. The molecule has 0 aliphatic carbocycles. The highest BCUT2D eigenvalue weighted by atomic mass is 16.5. The summed E-state index contributed by atoms with van der Waals surface area (Å²) in [7, 11) is 0. The van der Waals surface area contributed by atoms with E-state index in [9.17, 15) is 4.79 Å². The number of nitrogens with zero attached hydrogens (tertiary/aromatic N) is 4. The first-order valence-corrected chi connectivity index (χ1v) is 8.51. The summed E-state index contributed by atoms with van der Waals surface area (Å²) in [4.78, 5) is 21.1. The molecule has 0 aromatic carbocycles. The van der Waals surface area contributed by atoms with Crippen LogP contribution in [0, 0.1) is 0 Å². The third-order valence-corrected chi connectivity index (χ3v) is 4.39. The van der Waals surface area contributed by atoms with Crippen molar-refractivity contribution < 1.29 is 9.32 Å². The minimum absolute atomic E-state index is 0.0324. The Hall–Kier alpha value is -2.21. The fourth-order valence-electron chi connectivity index (χ4n) is 2.82. The Labute approximate surface area is 142 Å². The van der Waals surface area contributed by atoms with Gasteiger partial charge in [-0.3, -0.25) is 14.7 Å². The van der Waals surface area contributed by atoms with E-state index in [1.807, 2.05) is 37.1 Å². The van der Waals surface area contributed by atoms with Crippen LogP contribution in [-0.4, -0.2) is 58.6 Å².